The van der Waals surface area contributed by atoms with Crippen LogP contribution in [0.4, 0.5) is 11.4 Å². The van der Waals surface area contributed by atoms with Crippen LogP contribution in [0.2, 0.25) is 10.0 Å². The van der Waals surface area contributed by atoms with Crippen LogP contribution in [0.1, 0.15) is 5.56 Å². The first-order valence-corrected chi connectivity index (χ1v) is 13.9. The quantitative estimate of drug-likeness (QED) is 0.247. The van der Waals surface area contributed by atoms with Crippen molar-refractivity contribution in [2.24, 2.45) is 0 Å². The van der Waals surface area contributed by atoms with Gasteiger partial charge in [0.15, 0.2) is 0 Å². The Morgan fingerprint density at radius 3 is 2.22 bits per heavy atom. The van der Waals surface area contributed by atoms with Gasteiger partial charge in [-0.3, -0.25) is 9.10 Å². The number of para-hydroxylation sites is 1. The van der Waals surface area contributed by atoms with E-state index in [1.807, 2.05) is 55.5 Å². The zero-order chi connectivity index (χ0) is 25.7. The molecule has 0 saturated carbocycles. The highest BCUT2D eigenvalue weighted by atomic mass is 35.5. The van der Waals surface area contributed by atoms with Gasteiger partial charge < -0.3 is 5.32 Å². The maximum atomic E-state index is 13.6. The Kier molecular flexibility index (Phi) is 8.26. The smallest absolute Gasteiger partial charge is 0.264 e. The van der Waals surface area contributed by atoms with Crippen LogP contribution in [0.5, 0.6) is 0 Å². The number of halogens is 2. The highest BCUT2D eigenvalue weighted by Gasteiger charge is 2.28. The van der Waals surface area contributed by atoms with Crippen molar-refractivity contribution in [3.05, 3.63) is 113 Å². The predicted octanol–water partition coefficient (Wildman–Crippen LogP) is 7.29. The molecule has 0 saturated heterocycles. The Labute approximate surface area is 225 Å². The van der Waals surface area contributed by atoms with Crippen molar-refractivity contribution in [2.45, 2.75) is 21.6 Å². The molecule has 0 aliphatic rings. The number of nitrogens with zero attached hydrogens (tertiary/aromatic N) is 1. The van der Waals surface area contributed by atoms with Gasteiger partial charge in [0.1, 0.15) is 6.54 Å². The van der Waals surface area contributed by atoms with Gasteiger partial charge >= 0.3 is 0 Å². The summed E-state index contributed by atoms with van der Waals surface area (Å²) < 4.78 is 28.2. The van der Waals surface area contributed by atoms with Crippen LogP contribution in [0.15, 0.2) is 112 Å². The molecule has 0 aromatic heterocycles. The van der Waals surface area contributed by atoms with Crippen LogP contribution < -0.4 is 9.62 Å². The maximum absolute atomic E-state index is 13.6. The second-order valence-corrected chi connectivity index (χ2v) is 11.7. The SMILES string of the molecule is Cc1ccc(S(=O)(=O)N(CC(=O)Nc2ccccc2Sc2ccccc2)c2ccc(Cl)c(Cl)c2)cc1. The molecule has 0 heterocycles. The number of nitrogens with one attached hydrogen (secondary N) is 1. The molecule has 4 aromatic rings. The number of amides is 1. The lowest BCUT2D eigenvalue weighted by Gasteiger charge is -2.25. The van der Waals surface area contributed by atoms with E-state index in [2.05, 4.69) is 5.32 Å². The summed E-state index contributed by atoms with van der Waals surface area (Å²) in [7, 11) is -4.08. The van der Waals surface area contributed by atoms with E-state index in [0.29, 0.717) is 5.69 Å². The molecule has 0 aliphatic heterocycles. The summed E-state index contributed by atoms with van der Waals surface area (Å²) in [6.07, 6.45) is 0. The first-order valence-electron chi connectivity index (χ1n) is 10.9. The summed E-state index contributed by atoms with van der Waals surface area (Å²) in [6.45, 7) is 1.41. The molecule has 184 valence electrons. The van der Waals surface area contributed by atoms with Crippen LogP contribution in [0, 0.1) is 6.92 Å². The Bertz CT molecular complexity index is 1480. The minimum Gasteiger partial charge on any atom is -0.323 e. The molecule has 1 N–H and O–H groups in total. The second-order valence-electron chi connectivity index (χ2n) is 7.88. The lowest BCUT2D eigenvalue weighted by molar-refractivity contribution is -0.114. The Balaban J connectivity index is 1.64. The van der Waals surface area contributed by atoms with Gasteiger partial charge in [-0.05, 0) is 61.5 Å². The van der Waals surface area contributed by atoms with Gasteiger partial charge in [0.05, 0.1) is 26.3 Å². The fourth-order valence-electron chi connectivity index (χ4n) is 3.39. The monoisotopic (exact) mass is 556 g/mol. The van der Waals surface area contributed by atoms with Gasteiger partial charge in [-0.25, -0.2) is 8.42 Å². The minimum absolute atomic E-state index is 0.0620. The van der Waals surface area contributed by atoms with Gasteiger partial charge in [-0.2, -0.15) is 0 Å². The maximum Gasteiger partial charge on any atom is 0.264 e. The Morgan fingerprint density at radius 2 is 1.53 bits per heavy atom. The fourth-order valence-corrected chi connectivity index (χ4v) is 6.02. The molecule has 0 aliphatic carbocycles. The van der Waals surface area contributed by atoms with E-state index in [-0.39, 0.29) is 20.6 Å². The summed E-state index contributed by atoms with van der Waals surface area (Å²) in [5.41, 5.74) is 1.73. The topological polar surface area (TPSA) is 66.5 Å². The molecule has 0 atom stereocenters. The molecule has 0 spiro atoms. The molecule has 0 bridgehead atoms. The van der Waals surface area contributed by atoms with Crippen molar-refractivity contribution in [2.75, 3.05) is 16.2 Å². The van der Waals surface area contributed by atoms with Gasteiger partial charge in [0.25, 0.3) is 10.0 Å². The highest BCUT2D eigenvalue weighted by molar-refractivity contribution is 7.99. The molecule has 0 fully saturated rings. The highest BCUT2D eigenvalue weighted by Crippen LogP contribution is 2.34. The minimum atomic E-state index is -4.08. The number of carbonyl (C=O) groups excluding carboxylic acids is 1. The normalized spacial score (nSPS) is 11.2. The molecule has 4 aromatic carbocycles. The first-order chi connectivity index (χ1) is 17.2. The van der Waals surface area contributed by atoms with Crippen molar-refractivity contribution in [3.63, 3.8) is 0 Å². The van der Waals surface area contributed by atoms with Gasteiger partial charge in [-0.1, -0.05) is 83.0 Å². The molecule has 1 amide bonds. The zero-order valence-corrected chi connectivity index (χ0v) is 22.3. The van der Waals surface area contributed by atoms with Crippen molar-refractivity contribution < 1.29 is 13.2 Å². The third kappa shape index (κ3) is 6.23. The first kappa shape index (κ1) is 26.1. The number of hydrogen-bond donors (Lipinski definition) is 1. The second kappa shape index (κ2) is 11.4. The van der Waals surface area contributed by atoms with E-state index >= 15 is 0 Å². The van der Waals surface area contributed by atoms with E-state index in [9.17, 15) is 13.2 Å². The Morgan fingerprint density at radius 1 is 0.861 bits per heavy atom. The van der Waals surface area contributed by atoms with Crippen molar-refractivity contribution in [1.29, 1.82) is 0 Å². The molecular formula is C27H22Cl2N2O3S2. The molecule has 5 nitrogen and oxygen atoms in total. The van der Waals surface area contributed by atoms with Crippen LogP contribution in [0.25, 0.3) is 0 Å². The molecule has 4 rings (SSSR count). The van der Waals surface area contributed by atoms with Gasteiger partial charge in [0.2, 0.25) is 5.91 Å². The van der Waals surface area contributed by atoms with Gasteiger partial charge in [0, 0.05) is 9.79 Å². The average molecular weight is 558 g/mol. The average Bonchev–Trinajstić information content (AvgIpc) is 2.86. The molecule has 36 heavy (non-hydrogen) atoms. The van der Waals surface area contributed by atoms with E-state index < -0.39 is 22.5 Å². The zero-order valence-electron chi connectivity index (χ0n) is 19.2. The van der Waals surface area contributed by atoms with Crippen LogP contribution in [-0.4, -0.2) is 20.9 Å². The van der Waals surface area contributed by atoms with E-state index in [1.165, 1.54) is 42.1 Å². The molecule has 9 heteroatoms. The number of hydrogen-bond acceptors (Lipinski definition) is 4. The standard InChI is InChI=1S/C27H22Cl2N2O3S2/c1-19-11-14-22(15-12-19)36(33,34)31(20-13-16-23(28)24(29)17-20)18-27(32)30-25-9-5-6-10-26(25)35-21-7-3-2-4-8-21/h2-17H,18H2,1H3,(H,30,32). The lowest BCUT2D eigenvalue weighted by Crippen LogP contribution is -2.38. The summed E-state index contributed by atoms with van der Waals surface area (Å²) in [4.78, 5) is 15.1. The lowest BCUT2D eigenvalue weighted by atomic mass is 10.2. The molecule has 0 radical (unpaired) electrons. The van der Waals surface area contributed by atoms with Crippen LogP contribution in [-0.2, 0) is 14.8 Å². The van der Waals surface area contributed by atoms with Crippen LogP contribution >= 0.6 is 35.0 Å². The summed E-state index contributed by atoms with van der Waals surface area (Å²) in [5, 5.41) is 3.33. The number of rotatable bonds is 8. The predicted molar refractivity (Wildman–Crippen MR) is 148 cm³/mol. The summed E-state index contributed by atoms with van der Waals surface area (Å²) >= 11 is 13.7. The third-order valence-electron chi connectivity index (χ3n) is 5.22. The number of benzene rings is 4. The number of sulfonamides is 1. The Hall–Kier alpha value is -2.97. The van der Waals surface area contributed by atoms with E-state index in [1.54, 1.807) is 18.2 Å². The van der Waals surface area contributed by atoms with Crippen LogP contribution in [0.3, 0.4) is 0 Å². The summed E-state index contributed by atoms with van der Waals surface area (Å²) in [5.74, 6) is -0.502. The molecule has 0 unspecified atom stereocenters. The van der Waals surface area contributed by atoms with Crippen molar-refractivity contribution in [1.82, 2.24) is 0 Å². The number of anilines is 2. The summed E-state index contributed by atoms with van der Waals surface area (Å²) in [6, 6.07) is 28.0. The van der Waals surface area contributed by atoms with E-state index in [4.69, 9.17) is 23.2 Å². The van der Waals surface area contributed by atoms with Gasteiger partial charge in [-0.15, -0.1) is 0 Å². The molecular weight excluding hydrogens is 535 g/mol. The van der Waals surface area contributed by atoms with Crippen molar-refractivity contribution in [3.8, 4) is 0 Å². The largest absolute Gasteiger partial charge is 0.323 e. The number of carbonyl (C=O) groups is 1. The van der Waals surface area contributed by atoms with E-state index in [0.717, 1.165) is 19.7 Å². The van der Waals surface area contributed by atoms with Crippen molar-refractivity contribution >= 4 is 62.3 Å². The number of aryl methyl sites for hydroxylation is 1. The fraction of sp³-hybridized carbons (Fsp3) is 0.0741. The third-order valence-corrected chi connectivity index (χ3v) is 8.83.